The first kappa shape index (κ1) is 15.6. The maximum absolute atomic E-state index is 12.6. The van der Waals surface area contributed by atoms with Gasteiger partial charge in [-0.25, -0.2) is 13.4 Å². The predicted molar refractivity (Wildman–Crippen MR) is 94.3 cm³/mol. The Bertz CT molecular complexity index is 1220. The van der Waals surface area contributed by atoms with Gasteiger partial charge in [-0.2, -0.15) is 0 Å². The number of aromatic nitrogens is 2. The van der Waals surface area contributed by atoms with Crippen LogP contribution in [0.3, 0.4) is 0 Å². The molecule has 126 valence electrons. The molecule has 2 aromatic carbocycles. The SMILES string of the molecule is O=c1c2oc3ccccc3c2ncn1CCS(=O)(=O)c1ccccc1. The molecular formula is C18H14N2O4S. The number of sulfone groups is 1. The molecule has 0 atom stereocenters. The minimum absolute atomic E-state index is 0.00997. The van der Waals surface area contributed by atoms with E-state index in [0.29, 0.717) is 11.1 Å². The number of para-hydroxylation sites is 1. The third-order valence-electron chi connectivity index (χ3n) is 4.05. The largest absolute Gasteiger partial charge is 0.448 e. The van der Waals surface area contributed by atoms with Gasteiger partial charge in [-0.15, -0.1) is 0 Å². The molecule has 0 fully saturated rings. The second-order valence-corrected chi connectivity index (χ2v) is 7.76. The summed E-state index contributed by atoms with van der Waals surface area (Å²) in [5, 5.41) is 0.763. The molecule has 0 N–H and O–H groups in total. The van der Waals surface area contributed by atoms with Gasteiger partial charge in [-0.05, 0) is 24.3 Å². The van der Waals surface area contributed by atoms with E-state index in [4.69, 9.17) is 4.42 Å². The lowest BCUT2D eigenvalue weighted by molar-refractivity contribution is 0.584. The van der Waals surface area contributed by atoms with E-state index in [-0.39, 0.29) is 28.3 Å². The van der Waals surface area contributed by atoms with Crippen molar-refractivity contribution in [3.05, 3.63) is 71.3 Å². The Hall–Kier alpha value is -2.93. The summed E-state index contributed by atoms with van der Waals surface area (Å²) in [7, 11) is -3.47. The summed E-state index contributed by atoms with van der Waals surface area (Å²) in [6.45, 7) is 0.00997. The van der Waals surface area contributed by atoms with Gasteiger partial charge >= 0.3 is 0 Å². The normalized spacial score (nSPS) is 12.0. The molecule has 0 saturated carbocycles. The van der Waals surface area contributed by atoms with Crippen molar-refractivity contribution in [1.82, 2.24) is 9.55 Å². The number of fused-ring (bicyclic) bond motifs is 3. The molecule has 7 heteroatoms. The summed E-state index contributed by atoms with van der Waals surface area (Å²) in [6, 6.07) is 15.4. The molecule has 0 bridgehead atoms. The summed E-state index contributed by atoms with van der Waals surface area (Å²) in [5.41, 5.74) is 0.824. The molecule has 0 amide bonds. The highest BCUT2D eigenvalue weighted by Crippen LogP contribution is 2.24. The fourth-order valence-electron chi connectivity index (χ4n) is 2.74. The van der Waals surface area contributed by atoms with Crippen molar-refractivity contribution >= 4 is 31.9 Å². The second kappa shape index (κ2) is 5.86. The van der Waals surface area contributed by atoms with Gasteiger partial charge in [0.1, 0.15) is 11.1 Å². The summed E-state index contributed by atoms with van der Waals surface area (Å²) < 4.78 is 31.6. The fourth-order valence-corrected chi connectivity index (χ4v) is 3.98. The average molecular weight is 354 g/mol. The van der Waals surface area contributed by atoms with Crippen LogP contribution in [0.2, 0.25) is 0 Å². The quantitative estimate of drug-likeness (QED) is 0.563. The topological polar surface area (TPSA) is 82.2 Å². The number of furan rings is 1. The predicted octanol–water partition coefficient (Wildman–Crippen LogP) is 2.62. The molecule has 0 saturated heterocycles. The number of nitrogens with zero attached hydrogens (tertiary/aromatic N) is 2. The lowest BCUT2D eigenvalue weighted by Crippen LogP contribution is -2.24. The van der Waals surface area contributed by atoms with E-state index in [1.165, 1.54) is 10.9 Å². The van der Waals surface area contributed by atoms with E-state index in [1.54, 1.807) is 36.4 Å². The standard InChI is InChI=1S/C18H14N2O4S/c21-18-17-16(14-8-4-5-9-15(14)24-17)19-12-20(18)10-11-25(22,23)13-6-2-1-3-7-13/h1-9,12H,10-11H2. The van der Waals surface area contributed by atoms with Crippen molar-refractivity contribution in [1.29, 1.82) is 0 Å². The lowest BCUT2D eigenvalue weighted by Gasteiger charge is -2.06. The van der Waals surface area contributed by atoms with Crippen molar-refractivity contribution < 1.29 is 12.8 Å². The zero-order valence-corrected chi connectivity index (χ0v) is 13.9. The number of benzene rings is 2. The zero-order valence-electron chi connectivity index (χ0n) is 13.1. The molecule has 0 radical (unpaired) electrons. The Labute approximate surface area is 143 Å². The number of hydrogen-bond donors (Lipinski definition) is 0. The Morgan fingerprint density at radius 3 is 2.52 bits per heavy atom. The van der Waals surface area contributed by atoms with E-state index < -0.39 is 9.84 Å². The van der Waals surface area contributed by atoms with Crippen molar-refractivity contribution in [2.45, 2.75) is 11.4 Å². The van der Waals surface area contributed by atoms with Gasteiger partial charge in [0.15, 0.2) is 9.84 Å². The van der Waals surface area contributed by atoms with Gasteiger partial charge in [-0.3, -0.25) is 9.36 Å². The molecule has 6 nitrogen and oxygen atoms in total. The molecular weight excluding hydrogens is 340 g/mol. The first-order valence-electron chi connectivity index (χ1n) is 7.71. The number of hydrogen-bond acceptors (Lipinski definition) is 5. The minimum atomic E-state index is -3.47. The molecule has 2 heterocycles. The Morgan fingerprint density at radius 1 is 1.00 bits per heavy atom. The highest BCUT2D eigenvalue weighted by molar-refractivity contribution is 7.91. The highest BCUT2D eigenvalue weighted by Gasteiger charge is 2.17. The molecule has 0 aliphatic heterocycles. The zero-order chi connectivity index (χ0) is 17.4. The van der Waals surface area contributed by atoms with E-state index in [0.717, 1.165) is 5.39 Å². The third kappa shape index (κ3) is 2.72. The maximum Gasteiger partial charge on any atom is 0.297 e. The Balaban J connectivity index is 1.70. The van der Waals surface area contributed by atoms with Crippen LogP contribution in [0.1, 0.15) is 0 Å². The Morgan fingerprint density at radius 2 is 1.72 bits per heavy atom. The van der Waals surface area contributed by atoms with Crippen LogP contribution in [0, 0.1) is 0 Å². The van der Waals surface area contributed by atoms with Gasteiger partial charge in [0.05, 0.1) is 17.0 Å². The van der Waals surface area contributed by atoms with Gasteiger partial charge in [-0.1, -0.05) is 30.3 Å². The van der Waals surface area contributed by atoms with Gasteiger partial charge in [0.2, 0.25) is 5.58 Å². The fraction of sp³-hybridized carbons (Fsp3) is 0.111. The van der Waals surface area contributed by atoms with Crippen molar-refractivity contribution in [2.24, 2.45) is 0 Å². The molecule has 0 unspecified atom stereocenters. The van der Waals surface area contributed by atoms with Crippen LogP contribution in [0.4, 0.5) is 0 Å². The van der Waals surface area contributed by atoms with Crippen molar-refractivity contribution in [3.63, 3.8) is 0 Å². The highest BCUT2D eigenvalue weighted by atomic mass is 32.2. The number of rotatable bonds is 4. The molecule has 4 aromatic rings. The molecule has 0 spiro atoms. The molecule has 25 heavy (non-hydrogen) atoms. The second-order valence-electron chi connectivity index (χ2n) is 5.65. The van der Waals surface area contributed by atoms with Crippen molar-refractivity contribution in [3.8, 4) is 0 Å². The molecule has 0 aliphatic rings. The minimum Gasteiger partial charge on any atom is -0.448 e. The van der Waals surface area contributed by atoms with Crippen LogP contribution in [0.15, 0.2) is 75.0 Å². The summed E-state index contributed by atoms with van der Waals surface area (Å²) >= 11 is 0. The third-order valence-corrected chi connectivity index (χ3v) is 5.76. The Kier molecular flexibility index (Phi) is 3.65. The van der Waals surface area contributed by atoms with E-state index in [1.807, 2.05) is 18.2 Å². The van der Waals surface area contributed by atoms with E-state index >= 15 is 0 Å². The summed E-state index contributed by atoms with van der Waals surface area (Å²) in [4.78, 5) is 17.1. The van der Waals surface area contributed by atoms with E-state index in [9.17, 15) is 13.2 Å². The van der Waals surface area contributed by atoms with Gasteiger partial charge in [0.25, 0.3) is 5.56 Å². The monoisotopic (exact) mass is 354 g/mol. The van der Waals surface area contributed by atoms with Crippen LogP contribution in [-0.4, -0.2) is 23.7 Å². The van der Waals surface area contributed by atoms with Crippen LogP contribution < -0.4 is 5.56 Å². The van der Waals surface area contributed by atoms with Crippen LogP contribution in [0.5, 0.6) is 0 Å². The van der Waals surface area contributed by atoms with Crippen LogP contribution in [-0.2, 0) is 16.4 Å². The molecule has 2 aromatic heterocycles. The van der Waals surface area contributed by atoms with E-state index in [2.05, 4.69) is 4.98 Å². The molecule has 0 aliphatic carbocycles. The summed E-state index contributed by atoms with van der Waals surface area (Å²) in [6.07, 6.45) is 1.37. The van der Waals surface area contributed by atoms with Gasteiger partial charge < -0.3 is 4.42 Å². The first-order valence-corrected chi connectivity index (χ1v) is 9.36. The molecule has 4 rings (SSSR count). The first-order chi connectivity index (χ1) is 12.1. The van der Waals surface area contributed by atoms with Crippen LogP contribution >= 0.6 is 0 Å². The summed E-state index contributed by atoms with van der Waals surface area (Å²) in [5.74, 6) is -0.190. The van der Waals surface area contributed by atoms with Crippen molar-refractivity contribution in [2.75, 3.05) is 5.75 Å². The average Bonchev–Trinajstić information content (AvgIpc) is 3.02. The smallest absolute Gasteiger partial charge is 0.297 e. The maximum atomic E-state index is 12.6. The lowest BCUT2D eigenvalue weighted by atomic mass is 10.2. The number of aryl methyl sites for hydroxylation is 1. The van der Waals surface area contributed by atoms with Gasteiger partial charge in [0, 0.05) is 11.9 Å². The van der Waals surface area contributed by atoms with Crippen LogP contribution in [0.25, 0.3) is 22.1 Å².